The van der Waals surface area contributed by atoms with Crippen molar-refractivity contribution < 1.29 is 13.2 Å². The molecule has 5 heteroatoms. The molecule has 0 N–H and O–H groups in total. The van der Waals surface area contributed by atoms with Gasteiger partial charge in [0.05, 0.1) is 6.61 Å². The Balaban J connectivity index is 2.45. The summed E-state index contributed by atoms with van der Waals surface area (Å²) in [5.41, 5.74) is 0.995. The molecule has 2 rings (SSSR count). The lowest BCUT2D eigenvalue weighted by Gasteiger charge is -2.27. The summed E-state index contributed by atoms with van der Waals surface area (Å²) in [6.45, 7) is 6.82. The maximum atomic E-state index is 13.1. The first-order valence-electron chi connectivity index (χ1n) is 8.33. The van der Waals surface area contributed by atoms with Crippen LogP contribution < -0.4 is 4.74 Å². The van der Waals surface area contributed by atoms with E-state index < -0.39 is 10.0 Å². The standard InChI is InChI=1S/C18H27NO3S/c1-15(2)19-12-8-6-4-5-7-9-13-22-17-14-16(3)10-11-18(17)23(19,20)21/h5,7,10-11,14-15H,4,6,8-9,12-13H2,1-3H3. The number of benzene rings is 1. The smallest absolute Gasteiger partial charge is 0.246 e. The van der Waals surface area contributed by atoms with E-state index in [0.717, 1.165) is 31.2 Å². The highest BCUT2D eigenvalue weighted by molar-refractivity contribution is 7.89. The Hall–Kier alpha value is -1.33. The monoisotopic (exact) mass is 337 g/mol. The van der Waals surface area contributed by atoms with E-state index in [1.807, 2.05) is 32.9 Å². The molecule has 0 saturated heterocycles. The Kier molecular flexibility index (Phi) is 6.25. The van der Waals surface area contributed by atoms with Crippen molar-refractivity contribution in [3.63, 3.8) is 0 Å². The summed E-state index contributed by atoms with van der Waals surface area (Å²) in [4.78, 5) is 0.278. The Morgan fingerprint density at radius 2 is 1.87 bits per heavy atom. The van der Waals surface area contributed by atoms with Crippen molar-refractivity contribution in [2.45, 2.75) is 57.4 Å². The van der Waals surface area contributed by atoms with Gasteiger partial charge < -0.3 is 4.74 Å². The molecule has 1 aromatic rings. The molecular weight excluding hydrogens is 310 g/mol. The molecule has 0 spiro atoms. The summed E-state index contributed by atoms with van der Waals surface area (Å²) in [6, 6.07) is 5.24. The number of aryl methyl sites for hydroxylation is 1. The number of sulfonamides is 1. The minimum atomic E-state index is -3.55. The van der Waals surface area contributed by atoms with E-state index in [-0.39, 0.29) is 10.9 Å². The fourth-order valence-corrected chi connectivity index (χ4v) is 4.52. The van der Waals surface area contributed by atoms with E-state index in [4.69, 9.17) is 4.74 Å². The molecular formula is C18H27NO3S. The molecule has 0 unspecified atom stereocenters. The Labute approximate surface area is 140 Å². The lowest BCUT2D eigenvalue weighted by atomic mass is 10.2. The van der Waals surface area contributed by atoms with Crippen LogP contribution in [0.3, 0.4) is 0 Å². The molecule has 0 bridgehead atoms. The normalized spacial score (nSPS) is 20.0. The van der Waals surface area contributed by atoms with E-state index in [1.165, 1.54) is 0 Å². The maximum Gasteiger partial charge on any atom is 0.246 e. The number of hydrogen-bond acceptors (Lipinski definition) is 3. The average Bonchev–Trinajstić information content (AvgIpc) is 2.48. The predicted molar refractivity (Wildman–Crippen MR) is 93.3 cm³/mol. The zero-order chi connectivity index (χ0) is 16.9. The number of hydrogen-bond donors (Lipinski definition) is 0. The second-order valence-electron chi connectivity index (χ2n) is 6.26. The van der Waals surface area contributed by atoms with Crippen molar-refractivity contribution in [3.8, 4) is 5.75 Å². The summed E-state index contributed by atoms with van der Waals surface area (Å²) in [5, 5.41) is 0. The van der Waals surface area contributed by atoms with Crippen LogP contribution >= 0.6 is 0 Å². The van der Waals surface area contributed by atoms with E-state index in [0.29, 0.717) is 18.9 Å². The van der Waals surface area contributed by atoms with Crippen LogP contribution in [0.25, 0.3) is 0 Å². The van der Waals surface area contributed by atoms with Gasteiger partial charge in [0.15, 0.2) is 0 Å². The third-order valence-corrected chi connectivity index (χ3v) is 6.08. The van der Waals surface area contributed by atoms with Gasteiger partial charge in [-0.05, 0) is 64.2 Å². The van der Waals surface area contributed by atoms with Crippen molar-refractivity contribution in [2.24, 2.45) is 0 Å². The second-order valence-corrected chi connectivity index (χ2v) is 8.12. The molecule has 0 radical (unpaired) electrons. The molecule has 23 heavy (non-hydrogen) atoms. The zero-order valence-electron chi connectivity index (χ0n) is 14.3. The highest BCUT2D eigenvalue weighted by Gasteiger charge is 2.29. The second kappa shape index (κ2) is 7.97. The highest BCUT2D eigenvalue weighted by Crippen LogP contribution is 2.29. The van der Waals surface area contributed by atoms with E-state index in [1.54, 1.807) is 10.4 Å². The van der Waals surface area contributed by atoms with Gasteiger partial charge in [0, 0.05) is 12.6 Å². The quantitative estimate of drug-likeness (QED) is 0.730. The van der Waals surface area contributed by atoms with E-state index in [9.17, 15) is 8.42 Å². The first-order chi connectivity index (χ1) is 10.9. The van der Waals surface area contributed by atoms with Gasteiger partial charge in [0.25, 0.3) is 0 Å². The SMILES string of the molecule is Cc1ccc2c(c1)OCCC=CCCCCN(C(C)C)S2(=O)=O. The van der Waals surface area contributed by atoms with Crippen molar-refractivity contribution >= 4 is 10.0 Å². The molecule has 1 aromatic carbocycles. The van der Waals surface area contributed by atoms with Gasteiger partial charge in [0.1, 0.15) is 10.6 Å². The fraction of sp³-hybridized carbons (Fsp3) is 0.556. The number of nitrogens with zero attached hydrogens (tertiary/aromatic N) is 1. The number of allylic oxidation sites excluding steroid dienone is 1. The number of fused-ring (bicyclic) bond motifs is 1. The molecule has 0 aliphatic carbocycles. The molecule has 0 aromatic heterocycles. The van der Waals surface area contributed by atoms with Gasteiger partial charge in [-0.1, -0.05) is 18.2 Å². The van der Waals surface area contributed by atoms with Crippen LogP contribution in [0.4, 0.5) is 0 Å². The van der Waals surface area contributed by atoms with Gasteiger partial charge in [-0.2, -0.15) is 4.31 Å². The summed E-state index contributed by atoms with van der Waals surface area (Å²) < 4.78 is 33.6. The lowest BCUT2D eigenvalue weighted by Crippen LogP contribution is -2.37. The van der Waals surface area contributed by atoms with Crippen molar-refractivity contribution in [2.75, 3.05) is 13.2 Å². The van der Waals surface area contributed by atoms with Gasteiger partial charge in [0.2, 0.25) is 10.0 Å². The van der Waals surface area contributed by atoms with E-state index in [2.05, 4.69) is 12.2 Å². The molecule has 0 atom stereocenters. The lowest BCUT2D eigenvalue weighted by molar-refractivity contribution is 0.311. The minimum Gasteiger partial charge on any atom is -0.492 e. The molecule has 0 amide bonds. The van der Waals surface area contributed by atoms with E-state index >= 15 is 0 Å². The maximum absolute atomic E-state index is 13.1. The fourth-order valence-electron chi connectivity index (χ4n) is 2.73. The van der Waals surface area contributed by atoms with Gasteiger partial charge in [-0.3, -0.25) is 0 Å². The van der Waals surface area contributed by atoms with Crippen LogP contribution in [0.1, 0.15) is 45.1 Å². The first kappa shape index (κ1) is 18.0. The van der Waals surface area contributed by atoms with Crippen LogP contribution in [0.15, 0.2) is 35.2 Å². The average molecular weight is 337 g/mol. The molecule has 4 nitrogen and oxygen atoms in total. The number of ether oxygens (including phenoxy) is 1. The third kappa shape index (κ3) is 4.58. The molecule has 128 valence electrons. The Bertz CT molecular complexity index is 650. The Morgan fingerprint density at radius 1 is 1.13 bits per heavy atom. The third-order valence-electron chi connectivity index (χ3n) is 3.97. The molecule has 1 aliphatic rings. The Morgan fingerprint density at radius 3 is 2.61 bits per heavy atom. The largest absolute Gasteiger partial charge is 0.492 e. The van der Waals surface area contributed by atoms with Crippen LogP contribution in [0, 0.1) is 6.92 Å². The molecule has 0 fully saturated rings. The van der Waals surface area contributed by atoms with Crippen LogP contribution in [-0.2, 0) is 10.0 Å². The van der Waals surface area contributed by atoms with Crippen LogP contribution in [0.5, 0.6) is 5.75 Å². The predicted octanol–water partition coefficient (Wildman–Crippen LogP) is 3.90. The van der Waals surface area contributed by atoms with Crippen molar-refractivity contribution in [3.05, 3.63) is 35.9 Å². The topological polar surface area (TPSA) is 46.6 Å². The first-order valence-corrected chi connectivity index (χ1v) is 9.77. The van der Waals surface area contributed by atoms with Gasteiger partial charge in [-0.15, -0.1) is 0 Å². The molecule has 0 saturated carbocycles. The summed E-state index contributed by atoms with van der Waals surface area (Å²) in [7, 11) is -3.55. The minimum absolute atomic E-state index is 0.0742. The highest BCUT2D eigenvalue weighted by atomic mass is 32.2. The molecule has 1 heterocycles. The number of rotatable bonds is 1. The van der Waals surface area contributed by atoms with Crippen LogP contribution in [0.2, 0.25) is 0 Å². The zero-order valence-corrected chi connectivity index (χ0v) is 15.1. The van der Waals surface area contributed by atoms with Gasteiger partial charge >= 0.3 is 0 Å². The van der Waals surface area contributed by atoms with Gasteiger partial charge in [-0.25, -0.2) is 8.42 Å². The van der Waals surface area contributed by atoms with Crippen LogP contribution in [-0.4, -0.2) is 31.9 Å². The summed E-state index contributed by atoms with van der Waals surface area (Å²) >= 11 is 0. The molecule has 1 aliphatic heterocycles. The van der Waals surface area contributed by atoms with Crippen molar-refractivity contribution in [1.82, 2.24) is 4.31 Å². The summed E-state index contributed by atoms with van der Waals surface area (Å²) in [6.07, 6.45) is 7.91. The van der Waals surface area contributed by atoms with Crippen molar-refractivity contribution in [1.29, 1.82) is 0 Å². The summed E-state index contributed by atoms with van der Waals surface area (Å²) in [5.74, 6) is 0.461.